The van der Waals surface area contributed by atoms with Gasteiger partial charge in [-0.15, -0.1) is 0 Å². The number of ether oxygens (including phenoxy) is 4. The molecule has 3 fully saturated rings. The summed E-state index contributed by atoms with van der Waals surface area (Å²) in [4.78, 5) is 100. The standard InChI is InChI=1S/C33H47N13O25P4S/c1-36-76(61,62)9-13-14(67-29(20(13)48)46-12-43(2)19-27(46)41-32(35)42-28(19)51)6-65-73(55,56)70-75(59,60)71-74(57,58)66-8-16-24(23(63-3)31(69-16)45-11-39-18-25(34)37-10-38-26(18)45)72(53,54)64-7-15-21(49)22(50)30(68-15)44-5-4-17(47)40-33(44)52/h4-5,10-16,20-24,29-31,36,48-50H,6-9H2,1-3H3,(H9-,34,35,37,38,40,41,42,47,51,52,53,54,55,56,57,58,59,60)/p+1/t13-,14-,15-,16?,20-,21-,22-,23-,24-,29?,30-,31-/m1/s1. The Morgan fingerprint density at radius 2 is 1.41 bits per heavy atom. The molecule has 5 aromatic heterocycles. The van der Waals surface area contributed by atoms with Gasteiger partial charge >= 0.3 is 42.3 Å². The summed E-state index contributed by atoms with van der Waals surface area (Å²) in [5, 5.41) is 32.8. The van der Waals surface area contributed by atoms with Crippen LogP contribution in [0.2, 0.25) is 0 Å². The Morgan fingerprint density at radius 3 is 2.05 bits per heavy atom. The van der Waals surface area contributed by atoms with Crippen LogP contribution in [0.15, 0.2) is 45.6 Å². The first kappa shape index (κ1) is 57.5. The van der Waals surface area contributed by atoms with Crippen LogP contribution in [0.25, 0.3) is 22.3 Å². The van der Waals surface area contributed by atoms with Gasteiger partial charge in [-0.1, -0.05) is 0 Å². The van der Waals surface area contributed by atoms with E-state index in [1.807, 2.05) is 9.71 Å². The van der Waals surface area contributed by atoms with Gasteiger partial charge in [0.1, 0.15) is 54.1 Å². The van der Waals surface area contributed by atoms with E-state index in [-0.39, 0.29) is 34.1 Å². The summed E-state index contributed by atoms with van der Waals surface area (Å²) in [6, 6.07) is 0.914. The number of aliphatic hydroxyl groups is 3. The first-order chi connectivity index (χ1) is 35.5. The van der Waals surface area contributed by atoms with Crippen molar-refractivity contribution < 1.29 is 107 Å². The predicted molar refractivity (Wildman–Crippen MR) is 247 cm³/mol. The number of sulfonamides is 1. The largest absolute Gasteiger partial charge is 0.490 e. The third-order valence-electron chi connectivity index (χ3n) is 12.0. The third-order valence-corrected chi connectivity index (χ3v) is 19.6. The highest BCUT2D eigenvalue weighted by Gasteiger charge is 2.58. The van der Waals surface area contributed by atoms with Crippen molar-refractivity contribution >= 4 is 75.2 Å². The van der Waals surface area contributed by atoms with Crippen molar-refractivity contribution in [3.63, 3.8) is 0 Å². The smallest absolute Gasteiger partial charge is 0.387 e. The number of nitrogens with zero attached hydrogens (tertiary/aromatic N) is 8. The number of aromatic nitrogens is 10. The summed E-state index contributed by atoms with van der Waals surface area (Å²) < 4.78 is 132. The molecular weight excluding hydrogens is 1130 g/mol. The zero-order valence-electron chi connectivity index (χ0n) is 39.1. The number of anilines is 2. The minimum absolute atomic E-state index is 0.0150. The number of aromatic amines is 2. The van der Waals surface area contributed by atoms with Crippen LogP contribution in [0.1, 0.15) is 18.7 Å². The van der Waals surface area contributed by atoms with E-state index in [1.165, 1.54) is 17.9 Å². The van der Waals surface area contributed by atoms with Crippen molar-refractivity contribution in [3.05, 3.63) is 62.4 Å². The van der Waals surface area contributed by atoms with Crippen LogP contribution >= 0.6 is 31.1 Å². The second kappa shape index (κ2) is 21.5. The number of H-pyrrole nitrogens is 2. The van der Waals surface area contributed by atoms with E-state index in [4.69, 9.17) is 44.0 Å². The average Bonchev–Trinajstić information content (AvgIpc) is 4.14. The van der Waals surface area contributed by atoms with Crippen LogP contribution in [-0.4, -0.2) is 175 Å². The fraction of sp³-hybridized carbons (Fsp3) is 0.576. The van der Waals surface area contributed by atoms with Crippen molar-refractivity contribution in [1.82, 2.24) is 48.3 Å². The second-order valence-electron chi connectivity index (χ2n) is 16.9. The van der Waals surface area contributed by atoms with Crippen LogP contribution < -0.4 is 37.6 Å². The zero-order chi connectivity index (χ0) is 55.6. The number of nitrogens with one attached hydrogen (secondary N) is 3. The van der Waals surface area contributed by atoms with Crippen molar-refractivity contribution in [1.29, 1.82) is 0 Å². The molecule has 3 aliphatic heterocycles. The molecule has 3 saturated heterocycles. The lowest BCUT2D eigenvalue weighted by Gasteiger charge is -2.28. The van der Waals surface area contributed by atoms with Crippen LogP contribution in [0, 0.1) is 5.92 Å². The van der Waals surface area contributed by atoms with Crippen LogP contribution in [-0.2, 0) is 76.5 Å². The number of aryl methyl sites for hydroxylation is 1. The molecule has 8 heterocycles. The summed E-state index contributed by atoms with van der Waals surface area (Å²) in [5.74, 6) is -2.90. The minimum Gasteiger partial charge on any atom is -0.387 e. The minimum atomic E-state index is -6.30. The molecule has 0 aromatic carbocycles. The summed E-state index contributed by atoms with van der Waals surface area (Å²) in [7, 11) is -24.3. The Bertz CT molecular complexity index is 3510. The zero-order valence-corrected chi connectivity index (χ0v) is 43.4. The lowest BCUT2D eigenvalue weighted by molar-refractivity contribution is -0.646. The molecule has 14 N–H and O–H groups in total. The quantitative estimate of drug-likeness (QED) is 0.0242. The fourth-order valence-corrected chi connectivity index (χ4v) is 15.0. The van der Waals surface area contributed by atoms with Gasteiger partial charge in [0.25, 0.3) is 16.7 Å². The van der Waals surface area contributed by atoms with Gasteiger partial charge in [-0.3, -0.25) is 42.3 Å². The number of nitrogen functional groups attached to an aromatic ring is 2. The Kier molecular flexibility index (Phi) is 16.3. The predicted octanol–water partition coefficient (Wildman–Crippen LogP) is -5.00. The second-order valence-corrected chi connectivity index (χ2v) is 25.5. The lowest BCUT2D eigenvalue weighted by Crippen LogP contribution is -2.38. The highest BCUT2D eigenvalue weighted by molar-refractivity contribution is 7.89. The molecular formula is C33H48N13O25P4S+. The number of phosphoric ester groups is 2. The number of nitrogens with two attached hydrogens (primary N) is 2. The topological polar surface area (TPSA) is 544 Å². The van der Waals surface area contributed by atoms with Crippen LogP contribution in [0.4, 0.5) is 11.8 Å². The van der Waals surface area contributed by atoms with Crippen LogP contribution in [0.5, 0.6) is 0 Å². The van der Waals surface area contributed by atoms with Crippen molar-refractivity contribution in [2.24, 2.45) is 13.0 Å². The molecule has 3 aliphatic rings. The number of hydrogen-bond acceptors (Lipinski definition) is 27. The first-order valence-electron chi connectivity index (χ1n) is 21.6. The number of hydrogen-bond donors (Lipinski definition) is 12. The van der Waals surface area contributed by atoms with Gasteiger partial charge in [0.15, 0.2) is 23.9 Å². The highest BCUT2D eigenvalue weighted by Crippen LogP contribution is 2.68. The van der Waals surface area contributed by atoms with E-state index in [0.717, 1.165) is 52.8 Å². The number of aliphatic hydroxyl groups excluding tert-OH is 3. The van der Waals surface area contributed by atoms with Gasteiger partial charge in [0, 0.05) is 25.3 Å². The SMILES string of the molecule is CNS(=O)(=O)C[C@@H]1[C@@H](COP(=O)(O)OP(=O)(O)OP(=O)(O)OCC2O[C@@H](n3cnc4c(N)ncnc43)[C@H](OC)[C@@H]2P(=O)(O)OC[C@H]2O[C@@H](n3ccc(=O)[nH]c3=O)[C@H](O)[C@@H]2O)OC(n2c[n+](C)c3c(=O)[nH]c(N)nc32)[C@@H]1O. The molecule has 0 saturated carbocycles. The molecule has 16 atom stereocenters. The monoisotopic (exact) mass is 1180 g/mol. The molecule has 8 rings (SSSR count). The summed E-state index contributed by atoms with van der Waals surface area (Å²) in [6.07, 6.45) is -12.9. The van der Waals surface area contributed by atoms with E-state index in [0.29, 0.717) is 0 Å². The molecule has 6 unspecified atom stereocenters. The Labute approximate surface area is 423 Å². The van der Waals surface area contributed by atoms with Gasteiger partial charge in [-0.2, -0.15) is 18.2 Å². The van der Waals surface area contributed by atoms with Gasteiger partial charge in [0.05, 0.1) is 45.1 Å². The van der Waals surface area contributed by atoms with E-state index < -0.39 is 156 Å². The molecule has 420 valence electrons. The maximum atomic E-state index is 14.3. The van der Waals surface area contributed by atoms with E-state index >= 15 is 0 Å². The van der Waals surface area contributed by atoms with E-state index in [9.17, 15) is 76.0 Å². The molecule has 38 nitrogen and oxygen atoms in total. The molecule has 43 heteroatoms. The van der Waals surface area contributed by atoms with Crippen molar-refractivity contribution in [2.75, 3.05) is 51.2 Å². The molecule has 5 aromatic rings. The summed E-state index contributed by atoms with van der Waals surface area (Å²) >= 11 is 0. The molecule has 0 bridgehead atoms. The number of imidazole rings is 2. The van der Waals surface area contributed by atoms with Crippen molar-refractivity contribution in [2.45, 2.75) is 67.1 Å². The number of methoxy groups -OCH3 is 1. The van der Waals surface area contributed by atoms with Gasteiger partial charge < -0.3 is 69.8 Å². The first-order valence-corrected chi connectivity index (χ1v) is 29.4. The van der Waals surface area contributed by atoms with Gasteiger partial charge in [0.2, 0.25) is 28.5 Å². The Morgan fingerprint density at radius 1 is 0.789 bits per heavy atom. The van der Waals surface area contributed by atoms with Gasteiger partial charge in [-0.25, -0.2) is 51.1 Å². The maximum absolute atomic E-state index is 14.3. The lowest BCUT2D eigenvalue weighted by atomic mass is 10.0. The average molecular weight is 1180 g/mol. The fourth-order valence-electron chi connectivity index (χ4n) is 8.62. The Hall–Kier alpha value is -4.63. The number of fused-ring (bicyclic) bond motifs is 2. The van der Waals surface area contributed by atoms with E-state index in [2.05, 4.69) is 33.5 Å². The number of rotatable bonds is 21. The van der Waals surface area contributed by atoms with Gasteiger partial charge in [-0.05, 0) is 7.05 Å². The highest BCUT2D eigenvalue weighted by atomic mass is 32.2. The molecule has 0 spiro atoms. The van der Waals surface area contributed by atoms with Crippen molar-refractivity contribution in [3.8, 4) is 0 Å². The third kappa shape index (κ3) is 11.9. The molecule has 0 amide bonds. The normalized spacial score (nSPS) is 30.3. The summed E-state index contributed by atoms with van der Waals surface area (Å²) in [5.41, 5.74) is 6.85. The van der Waals surface area contributed by atoms with E-state index in [1.54, 1.807) is 0 Å². The summed E-state index contributed by atoms with van der Waals surface area (Å²) in [6.45, 7) is -3.55. The molecule has 0 aliphatic carbocycles. The maximum Gasteiger partial charge on any atom is 0.490 e. The molecule has 0 radical (unpaired) electrons. The molecule has 76 heavy (non-hydrogen) atoms. The number of phosphoric acid groups is 3. The Balaban J connectivity index is 0.971. The van der Waals surface area contributed by atoms with Crippen LogP contribution in [0.3, 0.4) is 0 Å².